The highest BCUT2D eigenvalue weighted by Gasteiger charge is 2.13. The molecule has 1 amide bonds. The molecule has 1 N–H and O–H groups in total. The minimum absolute atomic E-state index is 0.218. The number of rotatable bonds is 5. The van der Waals surface area contributed by atoms with Crippen molar-refractivity contribution >= 4 is 33.5 Å². The highest BCUT2D eigenvalue weighted by atomic mass is 79.9. The molecule has 22 heavy (non-hydrogen) atoms. The van der Waals surface area contributed by atoms with Crippen LogP contribution in [0.5, 0.6) is 5.88 Å². The maximum Gasteiger partial charge on any atom is 0.339 e. The van der Waals surface area contributed by atoms with E-state index in [4.69, 9.17) is 4.74 Å². The van der Waals surface area contributed by atoms with Crippen molar-refractivity contribution in [1.29, 1.82) is 0 Å². The smallest absolute Gasteiger partial charge is 0.339 e. The summed E-state index contributed by atoms with van der Waals surface area (Å²) in [5.74, 6) is -0.591. The molecule has 0 bridgehead atoms. The number of aromatic nitrogens is 1. The number of amides is 1. The van der Waals surface area contributed by atoms with Gasteiger partial charge in [0, 0.05) is 16.7 Å². The molecule has 2 rings (SSSR count). The summed E-state index contributed by atoms with van der Waals surface area (Å²) in [5, 5.41) is 2.61. The first kappa shape index (κ1) is 16.0. The van der Waals surface area contributed by atoms with Gasteiger partial charge in [0.15, 0.2) is 6.61 Å². The second-order valence-electron chi connectivity index (χ2n) is 4.19. The highest BCUT2D eigenvalue weighted by molar-refractivity contribution is 9.10. The van der Waals surface area contributed by atoms with Gasteiger partial charge in [0.25, 0.3) is 5.91 Å². The summed E-state index contributed by atoms with van der Waals surface area (Å²) < 4.78 is 10.7. The first-order valence-electron chi connectivity index (χ1n) is 6.31. The minimum atomic E-state index is -0.522. The number of nitrogens with zero attached hydrogens (tertiary/aromatic N) is 1. The zero-order valence-electron chi connectivity index (χ0n) is 11.7. The van der Waals surface area contributed by atoms with Crippen LogP contribution in [-0.2, 0) is 9.53 Å². The van der Waals surface area contributed by atoms with Crippen molar-refractivity contribution in [3.63, 3.8) is 0 Å². The number of benzene rings is 1. The summed E-state index contributed by atoms with van der Waals surface area (Å²) in [6.45, 7) is -0.218. The van der Waals surface area contributed by atoms with E-state index in [1.807, 2.05) is 0 Å². The van der Waals surface area contributed by atoms with Crippen LogP contribution in [0.1, 0.15) is 10.4 Å². The standard InChI is InChI=1S/C15H13BrN2O4/c1-21-15(20)11-4-2-3-5-12(11)18-13(19)9-22-14-7-6-10(16)8-17-14/h2-8H,9H2,1H3,(H,18,19). The van der Waals surface area contributed by atoms with Crippen molar-refractivity contribution < 1.29 is 19.1 Å². The second kappa shape index (κ2) is 7.56. The average molecular weight is 365 g/mol. The lowest BCUT2D eigenvalue weighted by Gasteiger charge is -2.10. The van der Waals surface area contributed by atoms with Crippen molar-refractivity contribution in [2.75, 3.05) is 19.0 Å². The van der Waals surface area contributed by atoms with Gasteiger partial charge in [-0.1, -0.05) is 12.1 Å². The van der Waals surface area contributed by atoms with Gasteiger partial charge < -0.3 is 14.8 Å². The monoisotopic (exact) mass is 364 g/mol. The third-order valence-electron chi connectivity index (χ3n) is 2.66. The van der Waals surface area contributed by atoms with Gasteiger partial charge in [-0.3, -0.25) is 4.79 Å². The van der Waals surface area contributed by atoms with E-state index in [0.29, 0.717) is 11.6 Å². The van der Waals surface area contributed by atoms with Crippen LogP contribution in [0, 0.1) is 0 Å². The van der Waals surface area contributed by atoms with E-state index in [9.17, 15) is 9.59 Å². The molecule has 0 fully saturated rings. The van der Waals surface area contributed by atoms with Gasteiger partial charge in [-0.15, -0.1) is 0 Å². The molecule has 0 aliphatic rings. The number of hydrogen-bond acceptors (Lipinski definition) is 5. The minimum Gasteiger partial charge on any atom is -0.468 e. The Balaban J connectivity index is 1.97. The number of hydrogen-bond donors (Lipinski definition) is 1. The summed E-state index contributed by atoms with van der Waals surface area (Å²) in [7, 11) is 1.28. The van der Waals surface area contributed by atoms with Crippen LogP contribution < -0.4 is 10.1 Å². The number of para-hydroxylation sites is 1. The lowest BCUT2D eigenvalue weighted by atomic mass is 10.2. The molecule has 2 aromatic rings. The Labute approximate surface area is 135 Å². The maximum absolute atomic E-state index is 11.9. The van der Waals surface area contributed by atoms with Gasteiger partial charge in [-0.2, -0.15) is 0 Å². The Bertz CT molecular complexity index is 673. The molecule has 0 aliphatic heterocycles. The Morgan fingerprint density at radius 3 is 2.68 bits per heavy atom. The van der Waals surface area contributed by atoms with E-state index >= 15 is 0 Å². The average Bonchev–Trinajstić information content (AvgIpc) is 2.54. The van der Waals surface area contributed by atoms with Crippen LogP contribution in [0.15, 0.2) is 47.1 Å². The fourth-order valence-electron chi connectivity index (χ4n) is 1.65. The SMILES string of the molecule is COC(=O)c1ccccc1NC(=O)COc1ccc(Br)cn1. The van der Waals surface area contributed by atoms with Crippen molar-refractivity contribution in [2.45, 2.75) is 0 Å². The molecule has 0 saturated heterocycles. The molecule has 0 unspecified atom stereocenters. The summed E-state index contributed by atoms with van der Waals surface area (Å²) in [6.07, 6.45) is 1.57. The Hall–Kier alpha value is -2.41. The third-order valence-corrected chi connectivity index (χ3v) is 3.13. The molecular weight excluding hydrogens is 352 g/mol. The lowest BCUT2D eigenvalue weighted by Crippen LogP contribution is -2.22. The summed E-state index contributed by atoms with van der Waals surface area (Å²) in [5.41, 5.74) is 0.645. The Morgan fingerprint density at radius 1 is 1.23 bits per heavy atom. The number of esters is 1. The van der Waals surface area contributed by atoms with E-state index in [1.54, 1.807) is 42.6 Å². The van der Waals surface area contributed by atoms with E-state index in [-0.39, 0.29) is 12.2 Å². The number of methoxy groups -OCH3 is 1. The van der Waals surface area contributed by atoms with E-state index in [0.717, 1.165) is 4.47 Å². The predicted octanol–water partition coefficient (Wildman–Crippen LogP) is 2.65. The third kappa shape index (κ3) is 4.29. The number of carbonyl (C=O) groups excluding carboxylic acids is 2. The van der Waals surface area contributed by atoms with Crippen LogP contribution in [0.25, 0.3) is 0 Å². The zero-order valence-corrected chi connectivity index (χ0v) is 13.3. The predicted molar refractivity (Wildman–Crippen MR) is 83.8 cm³/mol. The van der Waals surface area contributed by atoms with Crippen LogP contribution in [0.4, 0.5) is 5.69 Å². The number of ether oxygens (including phenoxy) is 2. The van der Waals surface area contributed by atoms with Crippen molar-refractivity contribution in [3.8, 4) is 5.88 Å². The zero-order chi connectivity index (χ0) is 15.9. The number of pyridine rings is 1. The van der Waals surface area contributed by atoms with Crippen LogP contribution in [0.2, 0.25) is 0 Å². The van der Waals surface area contributed by atoms with Gasteiger partial charge in [-0.25, -0.2) is 9.78 Å². The van der Waals surface area contributed by atoms with Crippen LogP contribution in [-0.4, -0.2) is 30.6 Å². The molecule has 1 heterocycles. The Morgan fingerprint density at radius 2 is 2.00 bits per heavy atom. The second-order valence-corrected chi connectivity index (χ2v) is 5.10. The van der Waals surface area contributed by atoms with Crippen molar-refractivity contribution in [3.05, 3.63) is 52.6 Å². The number of anilines is 1. The van der Waals surface area contributed by atoms with E-state index in [2.05, 4.69) is 31.0 Å². The molecule has 6 nitrogen and oxygen atoms in total. The van der Waals surface area contributed by atoms with Crippen molar-refractivity contribution in [1.82, 2.24) is 4.98 Å². The fourth-order valence-corrected chi connectivity index (χ4v) is 1.89. The van der Waals surface area contributed by atoms with Gasteiger partial charge in [0.2, 0.25) is 5.88 Å². The first-order chi connectivity index (χ1) is 10.6. The summed E-state index contributed by atoms with van der Waals surface area (Å²) >= 11 is 3.26. The molecule has 1 aromatic carbocycles. The van der Waals surface area contributed by atoms with Gasteiger partial charge in [0.05, 0.1) is 18.4 Å². The van der Waals surface area contributed by atoms with Crippen LogP contribution in [0.3, 0.4) is 0 Å². The largest absolute Gasteiger partial charge is 0.468 e. The highest BCUT2D eigenvalue weighted by Crippen LogP contribution is 2.16. The lowest BCUT2D eigenvalue weighted by molar-refractivity contribution is -0.118. The fraction of sp³-hybridized carbons (Fsp3) is 0.133. The van der Waals surface area contributed by atoms with Crippen molar-refractivity contribution in [2.24, 2.45) is 0 Å². The molecule has 1 aromatic heterocycles. The molecular formula is C15H13BrN2O4. The van der Waals surface area contributed by atoms with E-state index in [1.165, 1.54) is 7.11 Å². The molecule has 0 spiro atoms. The molecule has 7 heteroatoms. The number of nitrogens with one attached hydrogen (secondary N) is 1. The molecule has 0 saturated carbocycles. The normalized spacial score (nSPS) is 9.91. The molecule has 114 valence electrons. The molecule has 0 radical (unpaired) electrons. The summed E-state index contributed by atoms with van der Waals surface area (Å²) in [4.78, 5) is 27.5. The molecule has 0 atom stereocenters. The first-order valence-corrected chi connectivity index (χ1v) is 7.11. The van der Waals surface area contributed by atoms with Gasteiger partial charge >= 0.3 is 5.97 Å². The van der Waals surface area contributed by atoms with Crippen LogP contribution >= 0.6 is 15.9 Å². The number of halogens is 1. The Kier molecular flexibility index (Phi) is 5.48. The number of carbonyl (C=O) groups is 2. The maximum atomic E-state index is 11.9. The quantitative estimate of drug-likeness (QED) is 0.825. The van der Waals surface area contributed by atoms with Gasteiger partial charge in [0.1, 0.15) is 0 Å². The van der Waals surface area contributed by atoms with Gasteiger partial charge in [-0.05, 0) is 34.1 Å². The topological polar surface area (TPSA) is 77.5 Å². The summed E-state index contributed by atoms with van der Waals surface area (Å²) in [6, 6.07) is 9.97. The molecule has 0 aliphatic carbocycles. The van der Waals surface area contributed by atoms with E-state index < -0.39 is 11.9 Å².